The smallest absolute Gasteiger partial charge is 0.124 e. The maximum atomic E-state index is 9.78. The molecule has 0 saturated carbocycles. The van der Waals surface area contributed by atoms with Crippen molar-refractivity contribution in [2.45, 2.75) is 0 Å². The van der Waals surface area contributed by atoms with E-state index in [1.165, 1.54) is 0 Å². The van der Waals surface area contributed by atoms with Crippen LogP contribution in [0.3, 0.4) is 0 Å². The van der Waals surface area contributed by atoms with Crippen molar-refractivity contribution in [3.63, 3.8) is 0 Å². The van der Waals surface area contributed by atoms with E-state index < -0.39 is 0 Å². The standard InChI is InChI=1S/C17H14N4O/c18-13-6-3-9-19-16(13)17-14(7-4-10-20-17)21-11-12-5-1-2-8-15(12)22/h1-11,22H,18H2. The number of nitrogen functional groups attached to an aromatic ring is 1. The lowest BCUT2D eigenvalue weighted by Crippen LogP contribution is -1.94. The Morgan fingerprint density at radius 3 is 2.41 bits per heavy atom. The number of aromatic nitrogens is 2. The third-order valence-corrected chi connectivity index (χ3v) is 3.13. The van der Waals surface area contributed by atoms with Crippen LogP contribution < -0.4 is 5.73 Å². The summed E-state index contributed by atoms with van der Waals surface area (Å²) in [5, 5.41) is 9.78. The van der Waals surface area contributed by atoms with Gasteiger partial charge in [0.1, 0.15) is 17.1 Å². The van der Waals surface area contributed by atoms with E-state index in [1.807, 2.05) is 12.1 Å². The summed E-state index contributed by atoms with van der Waals surface area (Å²) in [6.07, 6.45) is 4.92. The molecule has 0 bridgehead atoms. The van der Waals surface area contributed by atoms with Gasteiger partial charge in [0.25, 0.3) is 0 Å². The number of hydrogen-bond donors (Lipinski definition) is 2. The number of anilines is 1. The lowest BCUT2D eigenvalue weighted by molar-refractivity contribution is 0.474. The van der Waals surface area contributed by atoms with E-state index in [2.05, 4.69) is 15.0 Å². The normalized spacial score (nSPS) is 10.9. The number of nitrogens with zero attached hydrogens (tertiary/aromatic N) is 3. The number of rotatable bonds is 3. The SMILES string of the molecule is Nc1cccnc1-c1ncccc1N=Cc1ccccc1O. The Balaban J connectivity index is 2.03. The van der Waals surface area contributed by atoms with Gasteiger partial charge in [-0.05, 0) is 36.4 Å². The van der Waals surface area contributed by atoms with Crippen LogP contribution >= 0.6 is 0 Å². The molecule has 0 aliphatic heterocycles. The molecule has 5 nitrogen and oxygen atoms in total. The van der Waals surface area contributed by atoms with Gasteiger partial charge in [-0.3, -0.25) is 15.0 Å². The summed E-state index contributed by atoms with van der Waals surface area (Å²) in [6.45, 7) is 0. The minimum absolute atomic E-state index is 0.175. The van der Waals surface area contributed by atoms with E-state index >= 15 is 0 Å². The number of aromatic hydroxyl groups is 1. The molecule has 0 saturated heterocycles. The van der Waals surface area contributed by atoms with E-state index in [9.17, 15) is 5.11 Å². The fourth-order valence-electron chi connectivity index (χ4n) is 2.03. The number of nitrogens with two attached hydrogens (primary N) is 1. The predicted molar refractivity (Wildman–Crippen MR) is 87.2 cm³/mol. The Labute approximate surface area is 127 Å². The third kappa shape index (κ3) is 2.78. The second kappa shape index (κ2) is 6.05. The summed E-state index contributed by atoms with van der Waals surface area (Å²) < 4.78 is 0. The Hall–Kier alpha value is -3.21. The summed E-state index contributed by atoms with van der Waals surface area (Å²) in [7, 11) is 0. The zero-order chi connectivity index (χ0) is 15.4. The molecule has 2 aromatic heterocycles. The number of para-hydroxylation sites is 1. The Bertz CT molecular complexity index is 830. The molecule has 3 N–H and O–H groups in total. The van der Waals surface area contributed by atoms with Crippen LogP contribution in [0, 0.1) is 0 Å². The van der Waals surface area contributed by atoms with E-state index in [-0.39, 0.29) is 5.75 Å². The fraction of sp³-hybridized carbons (Fsp3) is 0. The monoisotopic (exact) mass is 290 g/mol. The van der Waals surface area contributed by atoms with Crippen molar-refractivity contribution in [2.24, 2.45) is 4.99 Å². The highest BCUT2D eigenvalue weighted by molar-refractivity contribution is 5.88. The number of aliphatic imine (C=N–C) groups is 1. The van der Waals surface area contributed by atoms with Gasteiger partial charge in [-0.15, -0.1) is 0 Å². The molecule has 5 heteroatoms. The summed E-state index contributed by atoms with van der Waals surface area (Å²) in [6, 6.07) is 14.2. The molecular weight excluding hydrogens is 276 g/mol. The first-order valence-electron chi connectivity index (χ1n) is 6.73. The zero-order valence-corrected chi connectivity index (χ0v) is 11.7. The number of phenolic OH excluding ortho intramolecular Hbond substituents is 1. The van der Waals surface area contributed by atoms with E-state index in [0.717, 1.165) is 0 Å². The highest BCUT2D eigenvalue weighted by atomic mass is 16.3. The predicted octanol–water partition coefficient (Wildman–Crippen LogP) is 3.18. The lowest BCUT2D eigenvalue weighted by atomic mass is 10.2. The Kier molecular flexibility index (Phi) is 3.78. The van der Waals surface area contributed by atoms with Crippen molar-refractivity contribution in [2.75, 3.05) is 5.73 Å². The molecule has 0 unspecified atom stereocenters. The molecule has 0 aliphatic rings. The maximum Gasteiger partial charge on any atom is 0.124 e. The van der Waals surface area contributed by atoms with Gasteiger partial charge in [0.2, 0.25) is 0 Å². The second-order valence-corrected chi connectivity index (χ2v) is 4.63. The van der Waals surface area contributed by atoms with Gasteiger partial charge in [-0.1, -0.05) is 12.1 Å². The van der Waals surface area contributed by atoms with Crippen molar-refractivity contribution in [1.82, 2.24) is 9.97 Å². The van der Waals surface area contributed by atoms with Gasteiger partial charge in [-0.2, -0.15) is 0 Å². The first-order valence-corrected chi connectivity index (χ1v) is 6.73. The molecule has 2 heterocycles. The van der Waals surface area contributed by atoms with E-state index in [1.54, 1.807) is 55.0 Å². The molecule has 0 aliphatic carbocycles. The Morgan fingerprint density at radius 1 is 0.909 bits per heavy atom. The summed E-state index contributed by atoms with van der Waals surface area (Å²) in [4.78, 5) is 13.0. The topological polar surface area (TPSA) is 84.4 Å². The van der Waals surface area contributed by atoms with Gasteiger partial charge in [-0.25, -0.2) is 0 Å². The highest BCUT2D eigenvalue weighted by Crippen LogP contribution is 2.30. The molecule has 0 radical (unpaired) electrons. The summed E-state index contributed by atoms with van der Waals surface area (Å²) in [5.74, 6) is 0.175. The van der Waals surface area contributed by atoms with Gasteiger partial charge in [0, 0.05) is 24.2 Å². The van der Waals surface area contributed by atoms with Gasteiger partial charge < -0.3 is 10.8 Å². The van der Waals surface area contributed by atoms with Crippen molar-refractivity contribution in [3.05, 3.63) is 66.5 Å². The number of pyridine rings is 2. The van der Waals surface area contributed by atoms with Crippen molar-refractivity contribution < 1.29 is 5.11 Å². The van der Waals surface area contributed by atoms with Crippen LogP contribution in [0.25, 0.3) is 11.4 Å². The largest absolute Gasteiger partial charge is 0.507 e. The molecular formula is C17H14N4O. The van der Waals surface area contributed by atoms with Crippen LogP contribution in [0.1, 0.15) is 5.56 Å². The van der Waals surface area contributed by atoms with Crippen molar-refractivity contribution >= 4 is 17.6 Å². The number of hydrogen-bond acceptors (Lipinski definition) is 5. The average molecular weight is 290 g/mol. The van der Waals surface area contributed by atoms with Crippen LogP contribution in [0.4, 0.5) is 11.4 Å². The first kappa shape index (κ1) is 13.8. The first-order chi connectivity index (χ1) is 10.8. The lowest BCUT2D eigenvalue weighted by Gasteiger charge is -2.06. The molecule has 3 rings (SSSR count). The van der Waals surface area contributed by atoms with Crippen LogP contribution in [0.2, 0.25) is 0 Å². The van der Waals surface area contributed by atoms with Crippen LogP contribution in [-0.4, -0.2) is 21.3 Å². The second-order valence-electron chi connectivity index (χ2n) is 4.63. The zero-order valence-electron chi connectivity index (χ0n) is 11.7. The molecule has 0 spiro atoms. The van der Waals surface area contributed by atoms with E-state index in [0.29, 0.717) is 28.3 Å². The Morgan fingerprint density at radius 2 is 1.64 bits per heavy atom. The molecule has 0 fully saturated rings. The summed E-state index contributed by atoms with van der Waals surface area (Å²) >= 11 is 0. The number of benzene rings is 1. The average Bonchev–Trinajstić information content (AvgIpc) is 2.55. The minimum Gasteiger partial charge on any atom is -0.507 e. The van der Waals surface area contributed by atoms with Gasteiger partial charge >= 0.3 is 0 Å². The van der Waals surface area contributed by atoms with Crippen molar-refractivity contribution in [1.29, 1.82) is 0 Å². The molecule has 3 aromatic rings. The number of phenols is 1. The van der Waals surface area contributed by atoms with Gasteiger partial charge in [0.05, 0.1) is 11.4 Å². The minimum atomic E-state index is 0.175. The summed E-state index contributed by atoms with van der Waals surface area (Å²) in [5.41, 5.74) is 8.96. The van der Waals surface area contributed by atoms with E-state index in [4.69, 9.17) is 5.73 Å². The third-order valence-electron chi connectivity index (χ3n) is 3.13. The molecule has 0 atom stereocenters. The molecule has 1 aromatic carbocycles. The highest BCUT2D eigenvalue weighted by Gasteiger charge is 2.09. The molecule has 108 valence electrons. The van der Waals surface area contributed by atoms with Gasteiger partial charge in [0.15, 0.2) is 0 Å². The van der Waals surface area contributed by atoms with Crippen LogP contribution in [0.15, 0.2) is 65.9 Å². The van der Waals surface area contributed by atoms with Crippen LogP contribution in [-0.2, 0) is 0 Å². The molecule has 22 heavy (non-hydrogen) atoms. The quantitative estimate of drug-likeness (QED) is 0.725. The van der Waals surface area contributed by atoms with Crippen molar-refractivity contribution in [3.8, 4) is 17.1 Å². The fourth-order valence-corrected chi connectivity index (χ4v) is 2.03. The maximum absolute atomic E-state index is 9.78. The molecule has 0 amide bonds. The van der Waals surface area contributed by atoms with Crippen LogP contribution in [0.5, 0.6) is 5.75 Å².